The zero-order valence-corrected chi connectivity index (χ0v) is 9.71. The van der Waals surface area contributed by atoms with E-state index in [4.69, 9.17) is 5.11 Å². The van der Waals surface area contributed by atoms with Gasteiger partial charge in [-0.15, -0.1) is 0 Å². The summed E-state index contributed by atoms with van der Waals surface area (Å²) in [5.41, 5.74) is 0.528. The number of hydrogen-bond donors (Lipinski definition) is 2. The van der Waals surface area contributed by atoms with Crippen LogP contribution in [-0.4, -0.2) is 28.8 Å². The first-order valence-electron chi connectivity index (χ1n) is 5.36. The van der Waals surface area contributed by atoms with E-state index >= 15 is 0 Å². The number of anilines is 1. The van der Waals surface area contributed by atoms with Gasteiger partial charge in [-0.05, 0) is 18.6 Å². The van der Waals surface area contributed by atoms with Crippen LogP contribution >= 0.6 is 0 Å². The molecule has 1 aromatic heterocycles. The van der Waals surface area contributed by atoms with Crippen molar-refractivity contribution >= 4 is 11.8 Å². The first-order valence-corrected chi connectivity index (χ1v) is 5.36. The van der Waals surface area contributed by atoms with Crippen LogP contribution in [0.2, 0.25) is 0 Å². The number of aryl methyl sites for hydroxylation is 1. The lowest BCUT2D eigenvalue weighted by Crippen LogP contribution is -2.15. The Morgan fingerprint density at radius 1 is 1.44 bits per heavy atom. The van der Waals surface area contributed by atoms with E-state index < -0.39 is 18.6 Å². The highest BCUT2D eigenvalue weighted by atomic mass is 19.4. The van der Waals surface area contributed by atoms with Gasteiger partial charge in [0.2, 0.25) is 0 Å². The van der Waals surface area contributed by atoms with Crippen molar-refractivity contribution in [3.63, 3.8) is 0 Å². The summed E-state index contributed by atoms with van der Waals surface area (Å²) in [6.07, 6.45) is -4.73. The van der Waals surface area contributed by atoms with E-state index in [1.54, 1.807) is 6.92 Å². The molecule has 0 aliphatic carbocycles. The van der Waals surface area contributed by atoms with Gasteiger partial charge in [0, 0.05) is 12.2 Å². The molecule has 7 heteroatoms. The van der Waals surface area contributed by atoms with Gasteiger partial charge in [-0.25, -0.2) is 9.78 Å². The van der Waals surface area contributed by atoms with Gasteiger partial charge in [0.1, 0.15) is 5.82 Å². The van der Waals surface area contributed by atoms with Crippen molar-refractivity contribution in [1.82, 2.24) is 4.98 Å². The van der Waals surface area contributed by atoms with Crippen LogP contribution in [0.15, 0.2) is 12.1 Å². The molecule has 0 amide bonds. The van der Waals surface area contributed by atoms with Crippen LogP contribution in [0.5, 0.6) is 0 Å². The normalized spacial score (nSPS) is 11.3. The monoisotopic (exact) mass is 262 g/mol. The standard InChI is InChI=1S/C11H13F3N2O2/c1-2-8-5-7(10(17)18)6-9(16-8)15-4-3-11(12,13)14/h5-6H,2-4H2,1H3,(H,15,16)(H,17,18). The summed E-state index contributed by atoms with van der Waals surface area (Å²) in [5, 5.41) is 11.3. The first-order chi connectivity index (χ1) is 8.31. The van der Waals surface area contributed by atoms with Gasteiger partial charge in [0.15, 0.2) is 0 Å². The summed E-state index contributed by atoms with van der Waals surface area (Å²) in [5.74, 6) is -0.984. The van der Waals surface area contributed by atoms with Crippen molar-refractivity contribution in [3.8, 4) is 0 Å². The van der Waals surface area contributed by atoms with Crippen molar-refractivity contribution in [2.24, 2.45) is 0 Å². The fraction of sp³-hybridized carbons (Fsp3) is 0.455. The van der Waals surface area contributed by atoms with E-state index in [9.17, 15) is 18.0 Å². The van der Waals surface area contributed by atoms with E-state index in [0.717, 1.165) is 0 Å². The van der Waals surface area contributed by atoms with Crippen LogP contribution in [0.3, 0.4) is 0 Å². The molecule has 0 bridgehead atoms. The largest absolute Gasteiger partial charge is 0.478 e. The third-order valence-corrected chi connectivity index (χ3v) is 2.20. The number of carbonyl (C=O) groups is 1. The number of nitrogens with one attached hydrogen (secondary N) is 1. The Morgan fingerprint density at radius 2 is 2.11 bits per heavy atom. The molecule has 0 aliphatic heterocycles. The molecule has 1 aromatic rings. The van der Waals surface area contributed by atoms with Gasteiger partial charge in [-0.3, -0.25) is 0 Å². The van der Waals surface area contributed by atoms with Crippen LogP contribution in [0.25, 0.3) is 0 Å². The lowest BCUT2D eigenvalue weighted by atomic mass is 10.2. The Balaban J connectivity index is 2.76. The van der Waals surface area contributed by atoms with Gasteiger partial charge in [0.25, 0.3) is 0 Å². The average Bonchev–Trinajstić information content (AvgIpc) is 2.26. The van der Waals surface area contributed by atoms with Crippen LogP contribution < -0.4 is 5.32 Å². The van der Waals surface area contributed by atoms with Crippen molar-refractivity contribution in [2.75, 3.05) is 11.9 Å². The highest BCUT2D eigenvalue weighted by Gasteiger charge is 2.26. The number of pyridine rings is 1. The number of rotatable bonds is 5. The minimum atomic E-state index is -4.25. The number of aromatic nitrogens is 1. The van der Waals surface area contributed by atoms with E-state index in [0.29, 0.717) is 12.1 Å². The number of alkyl halides is 3. The van der Waals surface area contributed by atoms with Crippen molar-refractivity contribution in [2.45, 2.75) is 25.9 Å². The molecule has 4 nitrogen and oxygen atoms in total. The molecular formula is C11H13F3N2O2. The first kappa shape index (κ1) is 14.3. The van der Waals surface area contributed by atoms with Crippen molar-refractivity contribution in [1.29, 1.82) is 0 Å². The molecule has 0 aliphatic rings. The fourth-order valence-electron chi connectivity index (χ4n) is 1.32. The molecule has 0 saturated carbocycles. The molecule has 0 spiro atoms. The molecule has 0 fully saturated rings. The summed E-state index contributed by atoms with van der Waals surface area (Å²) in [6, 6.07) is 2.62. The minimum absolute atomic E-state index is 0.0105. The van der Waals surface area contributed by atoms with Gasteiger partial charge < -0.3 is 10.4 Å². The van der Waals surface area contributed by atoms with E-state index in [2.05, 4.69) is 10.3 Å². The summed E-state index contributed by atoms with van der Waals surface area (Å²) < 4.78 is 35.9. The molecular weight excluding hydrogens is 249 g/mol. The number of hydrogen-bond acceptors (Lipinski definition) is 3. The number of nitrogens with zero attached hydrogens (tertiary/aromatic N) is 1. The molecule has 0 saturated heterocycles. The third-order valence-electron chi connectivity index (χ3n) is 2.20. The maximum atomic E-state index is 12.0. The zero-order chi connectivity index (χ0) is 13.8. The predicted molar refractivity (Wildman–Crippen MR) is 59.7 cm³/mol. The van der Waals surface area contributed by atoms with E-state index in [1.807, 2.05) is 0 Å². The Labute approximate surface area is 102 Å². The molecule has 18 heavy (non-hydrogen) atoms. The van der Waals surface area contributed by atoms with E-state index in [-0.39, 0.29) is 17.9 Å². The Kier molecular flexibility index (Phi) is 4.52. The molecule has 0 aromatic carbocycles. The topological polar surface area (TPSA) is 62.2 Å². The summed E-state index contributed by atoms with van der Waals surface area (Å²) >= 11 is 0. The fourth-order valence-corrected chi connectivity index (χ4v) is 1.32. The molecule has 0 unspecified atom stereocenters. The smallest absolute Gasteiger partial charge is 0.390 e. The summed E-state index contributed by atoms with van der Waals surface area (Å²) in [4.78, 5) is 14.8. The SMILES string of the molecule is CCc1cc(C(=O)O)cc(NCCC(F)(F)F)n1. The third kappa shape index (κ3) is 4.60. The number of halogens is 3. The maximum absolute atomic E-state index is 12.0. The highest BCUT2D eigenvalue weighted by molar-refractivity contribution is 5.88. The average molecular weight is 262 g/mol. The van der Waals surface area contributed by atoms with Crippen LogP contribution in [-0.2, 0) is 6.42 Å². The second-order valence-electron chi connectivity index (χ2n) is 3.68. The van der Waals surface area contributed by atoms with Gasteiger partial charge in [-0.1, -0.05) is 6.92 Å². The second-order valence-corrected chi connectivity index (χ2v) is 3.68. The molecule has 100 valence electrons. The molecule has 0 atom stereocenters. The Bertz CT molecular complexity index is 433. The highest BCUT2D eigenvalue weighted by Crippen LogP contribution is 2.19. The van der Waals surface area contributed by atoms with E-state index in [1.165, 1.54) is 12.1 Å². The van der Waals surface area contributed by atoms with Crippen LogP contribution in [0.4, 0.5) is 19.0 Å². The predicted octanol–water partition coefficient (Wildman–Crippen LogP) is 2.71. The molecule has 1 heterocycles. The van der Waals surface area contributed by atoms with Crippen molar-refractivity contribution in [3.05, 3.63) is 23.4 Å². The Hall–Kier alpha value is -1.79. The summed E-state index contributed by atoms with van der Waals surface area (Å²) in [7, 11) is 0. The molecule has 0 radical (unpaired) electrons. The number of aromatic carboxylic acids is 1. The minimum Gasteiger partial charge on any atom is -0.478 e. The van der Waals surface area contributed by atoms with Crippen molar-refractivity contribution < 1.29 is 23.1 Å². The van der Waals surface area contributed by atoms with Gasteiger partial charge in [0.05, 0.1) is 12.0 Å². The maximum Gasteiger partial charge on any atom is 0.390 e. The molecule has 2 N–H and O–H groups in total. The number of carboxylic acids is 1. The lowest BCUT2D eigenvalue weighted by molar-refractivity contribution is -0.131. The van der Waals surface area contributed by atoms with Crippen LogP contribution in [0, 0.1) is 0 Å². The number of carboxylic acid groups (broad SMARTS) is 1. The van der Waals surface area contributed by atoms with Gasteiger partial charge in [-0.2, -0.15) is 13.2 Å². The summed E-state index contributed by atoms with van der Waals surface area (Å²) in [6.45, 7) is 1.45. The second kappa shape index (κ2) is 5.70. The Morgan fingerprint density at radius 3 is 2.61 bits per heavy atom. The quantitative estimate of drug-likeness (QED) is 0.856. The van der Waals surface area contributed by atoms with Gasteiger partial charge >= 0.3 is 12.1 Å². The lowest BCUT2D eigenvalue weighted by Gasteiger charge is -2.10. The van der Waals surface area contributed by atoms with Crippen LogP contribution in [0.1, 0.15) is 29.4 Å². The zero-order valence-electron chi connectivity index (χ0n) is 9.71. The molecule has 1 rings (SSSR count).